The lowest BCUT2D eigenvalue weighted by molar-refractivity contribution is 1.17. The Labute approximate surface area is 811 Å². The van der Waals surface area contributed by atoms with Crippen LogP contribution >= 0.6 is 11.3 Å². The zero-order chi connectivity index (χ0) is 92.4. The van der Waals surface area contributed by atoms with Gasteiger partial charge >= 0.3 is 0 Å². The molecule has 0 radical (unpaired) electrons. The lowest BCUT2D eigenvalue weighted by Gasteiger charge is -2.14. The molecule has 652 valence electrons. The Morgan fingerprint density at radius 2 is 0.414 bits per heavy atom. The summed E-state index contributed by atoms with van der Waals surface area (Å²) in [5, 5.41) is 22.9. The largest absolute Gasteiger partial charge is 0.309 e. The van der Waals surface area contributed by atoms with Crippen molar-refractivity contribution in [2.75, 3.05) is 0 Å². The summed E-state index contributed by atoms with van der Waals surface area (Å²) < 4.78 is 14.6. The third-order valence-electron chi connectivity index (χ3n) is 28.6. The maximum absolute atomic E-state index is 7.37. The highest BCUT2D eigenvalue weighted by Gasteiger charge is 2.24. The highest BCUT2D eigenvalue weighted by Crippen LogP contribution is 2.48. The Morgan fingerprint density at radius 1 is 0.150 bits per heavy atom. The van der Waals surface area contributed by atoms with Crippen LogP contribution in [0.25, 0.3) is 262 Å². The van der Waals surface area contributed by atoms with Gasteiger partial charge in [0.15, 0.2) is 5.69 Å². The summed E-state index contributed by atoms with van der Waals surface area (Å²) in [6, 6.07) is 185. The molecule has 0 aliphatic carbocycles. The van der Waals surface area contributed by atoms with Gasteiger partial charge in [0.2, 0.25) is 0 Å². The SMILES string of the molecule is [C-]#[N+]c1ccc(-n2c3ccccc3c3cc(-c4ccc5c(c4)c4ccccc4n5-c4cccc5c4sc4ccccc45)ccc32)cc1.c1ccc(-c2cc(-c3ccccc3)cc(-c3cccc(-c4ccc5c6ccccc6c6ccccc6c5c4)c3)c2)cc1.c1ccc(-n2c3ccccc3c3cc(-c4ccc5c(c4)c4ccccc4n5-c4ccc5c(c4)c4ccccc4n5-c4ccccc4)ccc32)cc1. The average Bonchev–Trinajstić information content (AvgIpc) is 1.57. The zero-order valence-corrected chi connectivity index (χ0v) is 76.9. The van der Waals surface area contributed by atoms with Gasteiger partial charge in [-0.2, -0.15) is 0 Å². The second kappa shape index (κ2) is 33.6. The Balaban J connectivity index is 0.000000106. The topological polar surface area (TPSA) is 29.0 Å². The molecule has 0 spiro atoms. The van der Waals surface area contributed by atoms with Crippen molar-refractivity contribution in [3.63, 3.8) is 0 Å². The minimum atomic E-state index is 0.647. The second-order valence-corrected chi connectivity index (χ2v) is 37.5. The summed E-state index contributed by atoms with van der Waals surface area (Å²) in [4.78, 5) is 3.58. The van der Waals surface area contributed by atoms with Gasteiger partial charge in [-0.15, -0.1) is 11.3 Å². The summed E-state index contributed by atoms with van der Waals surface area (Å²) in [5.74, 6) is 0. The molecule has 140 heavy (non-hydrogen) atoms. The van der Waals surface area contributed by atoms with Crippen LogP contribution in [0.2, 0.25) is 0 Å². The van der Waals surface area contributed by atoms with Crippen LogP contribution in [0.4, 0.5) is 5.69 Å². The predicted molar refractivity (Wildman–Crippen MR) is 595 cm³/mol. The Hall–Kier alpha value is -18.5. The summed E-state index contributed by atoms with van der Waals surface area (Å²) in [7, 11) is 0. The molecule has 0 bridgehead atoms. The Morgan fingerprint density at radius 3 is 0.850 bits per heavy atom. The van der Waals surface area contributed by atoms with E-state index in [9.17, 15) is 0 Å². The predicted octanol–water partition coefficient (Wildman–Crippen LogP) is 36.9. The number of aromatic nitrogens is 5. The molecule has 7 heteroatoms. The van der Waals surface area contributed by atoms with E-state index in [1.807, 2.05) is 35.6 Å². The molecule has 0 saturated heterocycles. The third-order valence-corrected chi connectivity index (χ3v) is 29.8. The second-order valence-electron chi connectivity index (χ2n) is 36.4. The molecule has 0 aliphatic rings. The van der Waals surface area contributed by atoms with E-state index >= 15 is 0 Å². The zero-order valence-electron chi connectivity index (χ0n) is 76.1. The van der Waals surface area contributed by atoms with E-state index in [-0.39, 0.29) is 0 Å². The molecule has 6 nitrogen and oxygen atoms in total. The van der Waals surface area contributed by atoms with Crippen LogP contribution in [0.3, 0.4) is 0 Å². The molecule has 0 amide bonds. The summed E-state index contributed by atoms with van der Waals surface area (Å²) >= 11 is 1.87. The van der Waals surface area contributed by atoms with E-state index in [0.717, 1.165) is 22.4 Å². The van der Waals surface area contributed by atoms with Crippen LogP contribution in [0, 0.1) is 6.57 Å². The van der Waals surface area contributed by atoms with E-state index in [1.54, 1.807) is 0 Å². The van der Waals surface area contributed by atoms with Crippen molar-refractivity contribution in [1.82, 2.24) is 22.8 Å². The minimum Gasteiger partial charge on any atom is -0.309 e. The van der Waals surface area contributed by atoms with Crippen molar-refractivity contribution in [1.29, 1.82) is 0 Å². The van der Waals surface area contributed by atoms with E-state index in [1.165, 1.54) is 234 Å². The number of benzene rings is 23. The fourth-order valence-electron chi connectivity index (χ4n) is 22.2. The van der Waals surface area contributed by atoms with Crippen molar-refractivity contribution in [2.45, 2.75) is 0 Å². The first-order valence-corrected chi connectivity index (χ1v) is 48.6. The Kier molecular flexibility index (Phi) is 19.5. The monoisotopic (exact) mass is 1800 g/mol. The molecule has 6 heterocycles. The van der Waals surface area contributed by atoms with Crippen LogP contribution in [-0.2, 0) is 0 Å². The molecule has 0 atom stereocenters. The summed E-state index contributed by atoms with van der Waals surface area (Å²) in [6.45, 7) is 7.37. The number of rotatable bonds is 11. The lowest BCUT2D eigenvalue weighted by Crippen LogP contribution is -1.95. The van der Waals surface area contributed by atoms with E-state index in [0.29, 0.717) is 5.69 Å². The smallest absolute Gasteiger partial charge is 0.187 e. The van der Waals surface area contributed by atoms with Crippen LogP contribution < -0.4 is 0 Å². The molecule has 0 unspecified atom stereocenters. The van der Waals surface area contributed by atoms with E-state index < -0.39 is 0 Å². The fourth-order valence-corrected chi connectivity index (χ4v) is 23.4. The summed E-state index contributed by atoms with van der Waals surface area (Å²) in [6.07, 6.45) is 0. The first kappa shape index (κ1) is 81.1. The lowest BCUT2D eigenvalue weighted by atomic mass is 9.90. The van der Waals surface area contributed by atoms with Crippen molar-refractivity contribution in [3.8, 4) is 95.2 Å². The minimum absolute atomic E-state index is 0.647. The van der Waals surface area contributed by atoms with Gasteiger partial charge in [-0.3, -0.25) is 0 Å². The molecular formula is C133H84N6S. The van der Waals surface area contributed by atoms with Gasteiger partial charge in [0.1, 0.15) is 0 Å². The van der Waals surface area contributed by atoms with Crippen LogP contribution in [0.5, 0.6) is 0 Å². The standard InChI is InChI=1S/C48H31N3.C43H25N3S.C42H28/c1-3-13-34(14-4-1)49-43-20-10-7-17-37(43)40-29-32(23-26-46(40)49)33-24-27-47-41(30-33)38-18-8-12-22-45(38)51(47)36-25-28-48-42(31-36)39-19-9-11-21-44(39)50(48)35-15-5-2-6-16-35;1-44-29-19-21-30(22-20-29)45-37-13-5-2-9-31(37)35-25-27(17-23-39(35)45)28-18-24-40-36(26-28)32-10-3-6-14-38(32)46(40)41-15-8-12-34-33-11-4-7-16-42(33)47-43(34)41;1-3-12-29(13-4-1)34-25-35(30-14-5-2-6-15-30)27-36(26-34)32-17-11-16-31(24-32)33-22-23-41-39-20-8-7-18-37(39)38-19-9-10-21-40(38)42(41)28-33/h1-31H;2-26H;1-28H. The first-order chi connectivity index (χ1) is 69.4. The number of nitrogens with zero attached hydrogens (tertiary/aromatic N) is 6. The maximum atomic E-state index is 7.37. The van der Waals surface area contributed by atoms with Gasteiger partial charge in [-0.25, -0.2) is 4.85 Å². The number of hydrogen-bond acceptors (Lipinski definition) is 1. The highest BCUT2D eigenvalue weighted by atomic mass is 32.1. The number of thiophene rings is 1. The maximum Gasteiger partial charge on any atom is 0.187 e. The number of hydrogen-bond donors (Lipinski definition) is 0. The molecule has 0 N–H and O–H groups in total. The van der Waals surface area contributed by atoms with E-state index in [2.05, 4.69) is 513 Å². The molecule has 0 saturated carbocycles. The third kappa shape index (κ3) is 13.6. The molecular weight excluding hydrogens is 1710 g/mol. The molecule has 29 rings (SSSR count). The van der Waals surface area contributed by atoms with Crippen LogP contribution in [-0.4, -0.2) is 22.8 Å². The van der Waals surface area contributed by atoms with Gasteiger partial charge in [-0.1, -0.05) is 334 Å². The van der Waals surface area contributed by atoms with Crippen molar-refractivity contribution in [3.05, 3.63) is 521 Å². The molecule has 23 aromatic carbocycles. The van der Waals surface area contributed by atoms with Crippen molar-refractivity contribution in [2.24, 2.45) is 0 Å². The van der Waals surface area contributed by atoms with Gasteiger partial charge in [-0.05, 0) is 275 Å². The first-order valence-electron chi connectivity index (χ1n) is 47.8. The normalized spacial score (nSPS) is 11.7. The quantitative estimate of drug-likeness (QED) is 0.0912. The Bertz CT molecular complexity index is 9990. The van der Waals surface area contributed by atoms with Crippen molar-refractivity contribution >= 4 is 179 Å². The van der Waals surface area contributed by atoms with Crippen molar-refractivity contribution < 1.29 is 0 Å². The average molecular weight is 1800 g/mol. The van der Waals surface area contributed by atoms with Gasteiger partial charge in [0.05, 0.1) is 72.1 Å². The van der Waals surface area contributed by atoms with E-state index in [4.69, 9.17) is 6.57 Å². The number of fused-ring (bicyclic) bond motifs is 24. The summed E-state index contributed by atoms with van der Waals surface area (Å²) in [5.41, 5.74) is 33.0. The van der Waals surface area contributed by atoms with Crippen LogP contribution in [0.1, 0.15) is 0 Å². The van der Waals surface area contributed by atoms with Gasteiger partial charge < -0.3 is 22.8 Å². The fraction of sp³-hybridized carbons (Fsp3) is 0. The molecule has 0 aliphatic heterocycles. The van der Waals surface area contributed by atoms with Gasteiger partial charge in [0.25, 0.3) is 0 Å². The number of para-hydroxylation sites is 7. The van der Waals surface area contributed by atoms with Gasteiger partial charge in [0, 0.05) is 92.1 Å². The highest BCUT2D eigenvalue weighted by molar-refractivity contribution is 7.26. The molecule has 6 aromatic heterocycles. The molecule has 29 aromatic rings. The molecule has 0 fully saturated rings. The van der Waals surface area contributed by atoms with Crippen LogP contribution in [0.15, 0.2) is 510 Å².